The van der Waals surface area contributed by atoms with Crippen molar-refractivity contribution in [1.29, 1.82) is 0 Å². The lowest BCUT2D eigenvalue weighted by molar-refractivity contribution is -0.141. The molecule has 1 amide bonds. The third kappa shape index (κ3) is 7.66. The second-order valence-corrected chi connectivity index (χ2v) is 12.3. The maximum Gasteiger partial charge on any atom is 0.437 e. The molecule has 0 radical (unpaired) electrons. The van der Waals surface area contributed by atoms with Crippen molar-refractivity contribution >= 4 is 23.5 Å². The summed E-state index contributed by atoms with van der Waals surface area (Å²) in [6.45, 7) is 5.48. The van der Waals surface area contributed by atoms with Gasteiger partial charge in [-0.05, 0) is 60.4 Å². The number of anilines is 2. The minimum absolute atomic E-state index is 0.0911. The van der Waals surface area contributed by atoms with E-state index in [-0.39, 0.29) is 18.3 Å². The predicted molar refractivity (Wildman–Crippen MR) is 173 cm³/mol. The van der Waals surface area contributed by atoms with E-state index in [9.17, 15) is 22.8 Å². The molecule has 0 saturated carbocycles. The third-order valence-corrected chi connectivity index (χ3v) is 9.12. The summed E-state index contributed by atoms with van der Waals surface area (Å²) >= 11 is 0. The van der Waals surface area contributed by atoms with Crippen LogP contribution in [0.15, 0.2) is 77.3 Å². The van der Waals surface area contributed by atoms with Crippen molar-refractivity contribution in [2.75, 3.05) is 49.1 Å². The van der Waals surface area contributed by atoms with Crippen molar-refractivity contribution in [3.05, 3.63) is 107 Å². The number of halogens is 3. The molecule has 2 saturated heterocycles. The number of alkyl halides is 3. The van der Waals surface area contributed by atoms with E-state index in [1.54, 1.807) is 17.0 Å². The maximum absolute atomic E-state index is 14.0. The highest BCUT2D eigenvalue weighted by atomic mass is 19.4. The van der Waals surface area contributed by atoms with Crippen LogP contribution in [0.4, 0.5) is 25.0 Å². The lowest BCUT2D eigenvalue weighted by Crippen LogP contribution is -2.36. The van der Waals surface area contributed by atoms with Crippen molar-refractivity contribution in [2.24, 2.45) is 0 Å². The molecule has 11 heteroatoms. The number of hydrogen-bond donors (Lipinski definition) is 0. The van der Waals surface area contributed by atoms with Gasteiger partial charge in [0, 0.05) is 51.9 Å². The van der Waals surface area contributed by atoms with Crippen LogP contribution in [0.2, 0.25) is 0 Å². The average Bonchev–Trinajstić information content (AvgIpc) is 3.40. The zero-order valence-electron chi connectivity index (χ0n) is 26.4. The lowest BCUT2D eigenvalue weighted by Gasteiger charge is -2.31. The van der Waals surface area contributed by atoms with E-state index in [0.29, 0.717) is 63.0 Å². The summed E-state index contributed by atoms with van der Waals surface area (Å²) in [5, 5.41) is 0. The summed E-state index contributed by atoms with van der Waals surface area (Å²) in [5.74, 6) is -0.493. The number of carbonyl (C=O) groups is 2. The summed E-state index contributed by atoms with van der Waals surface area (Å²) < 4.78 is 47.5. The Morgan fingerprint density at radius 1 is 0.851 bits per heavy atom. The molecular weight excluding hydrogens is 607 g/mol. The number of rotatable bonds is 8. The van der Waals surface area contributed by atoms with Crippen LogP contribution in [-0.2, 0) is 23.8 Å². The number of oxazole rings is 1. The summed E-state index contributed by atoms with van der Waals surface area (Å²) in [6.07, 6.45) is -0.996. The molecule has 2 aliphatic heterocycles. The van der Waals surface area contributed by atoms with Gasteiger partial charge in [0.2, 0.25) is 17.5 Å². The van der Waals surface area contributed by atoms with Gasteiger partial charge in [0.15, 0.2) is 5.69 Å². The zero-order valence-corrected chi connectivity index (χ0v) is 26.4. The van der Waals surface area contributed by atoms with E-state index in [1.807, 2.05) is 54.3 Å². The number of hydrogen-bond acceptors (Lipinski definition) is 7. The van der Waals surface area contributed by atoms with Gasteiger partial charge in [-0.2, -0.15) is 18.2 Å². The van der Waals surface area contributed by atoms with Crippen molar-refractivity contribution in [3.63, 3.8) is 0 Å². The van der Waals surface area contributed by atoms with Gasteiger partial charge in [-0.3, -0.25) is 9.59 Å². The number of piperidine rings is 1. The minimum atomic E-state index is -4.83. The number of nitrogens with zero attached hydrogens (tertiary/aromatic N) is 5. The quantitative estimate of drug-likeness (QED) is 0.203. The first-order chi connectivity index (χ1) is 22.7. The molecule has 2 fully saturated rings. The predicted octanol–water partition coefficient (Wildman–Crippen LogP) is 6.49. The maximum atomic E-state index is 14.0. The van der Waals surface area contributed by atoms with Crippen LogP contribution in [0.1, 0.15) is 63.7 Å². The van der Waals surface area contributed by atoms with Crippen molar-refractivity contribution in [1.82, 2.24) is 14.9 Å². The lowest BCUT2D eigenvalue weighted by atomic mass is 9.90. The molecule has 2 aromatic carbocycles. The molecule has 2 aromatic heterocycles. The van der Waals surface area contributed by atoms with Gasteiger partial charge in [0.05, 0.1) is 6.42 Å². The van der Waals surface area contributed by atoms with Crippen molar-refractivity contribution < 1.29 is 27.2 Å². The highest BCUT2D eigenvalue weighted by Crippen LogP contribution is 2.37. The molecule has 2 aliphatic rings. The molecule has 0 atom stereocenters. The Balaban J connectivity index is 1.07. The topological polar surface area (TPSA) is 82.8 Å². The number of ketones is 1. The second kappa shape index (κ2) is 14.0. The molecule has 8 nitrogen and oxygen atoms in total. The van der Waals surface area contributed by atoms with E-state index in [0.717, 1.165) is 30.4 Å². The van der Waals surface area contributed by atoms with Gasteiger partial charge in [0.1, 0.15) is 5.82 Å². The Hall–Kier alpha value is -4.67. The standard InChI is InChI=1S/C36H38F3N5O3/c1-25-8-5-6-11-29(25)23-32(46)43-17-7-16-42(20-21-43)31-13-12-26(24-40-31)22-30(45)33-34(36(37,38)39)41-35(47-33)44-18-14-28(15-19-44)27-9-3-2-4-10-27/h2-6,8-13,24,28H,7,14-23H2,1H3. The number of aromatic nitrogens is 2. The molecule has 0 N–H and O–H groups in total. The van der Waals surface area contributed by atoms with E-state index in [4.69, 9.17) is 4.42 Å². The summed E-state index contributed by atoms with van der Waals surface area (Å²) in [5.41, 5.74) is 2.50. The van der Waals surface area contributed by atoms with Gasteiger partial charge in [-0.25, -0.2) is 4.98 Å². The van der Waals surface area contributed by atoms with Gasteiger partial charge >= 0.3 is 6.18 Å². The van der Waals surface area contributed by atoms with Crippen LogP contribution in [0.25, 0.3) is 0 Å². The smallest absolute Gasteiger partial charge is 0.420 e. The summed E-state index contributed by atoms with van der Waals surface area (Å²) in [6, 6.07) is 21.2. The fraction of sp³-hybridized carbons (Fsp3) is 0.389. The van der Waals surface area contributed by atoms with E-state index in [2.05, 4.69) is 27.0 Å². The number of aryl methyl sites for hydroxylation is 1. The molecule has 0 unspecified atom stereocenters. The minimum Gasteiger partial charge on any atom is -0.420 e. The third-order valence-electron chi connectivity index (χ3n) is 9.12. The molecule has 246 valence electrons. The molecular formula is C36H38F3N5O3. The largest absolute Gasteiger partial charge is 0.437 e. The van der Waals surface area contributed by atoms with E-state index in [1.165, 1.54) is 11.8 Å². The molecule has 4 aromatic rings. The van der Waals surface area contributed by atoms with E-state index >= 15 is 0 Å². The van der Waals surface area contributed by atoms with Crippen LogP contribution in [0.5, 0.6) is 0 Å². The molecule has 0 spiro atoms. The number of Topliss-reactive ketones (excluding diaryl/α,β-unsaturated/α-hetero) is 1. The molecule has 47 heavy (non-hydrogen) atoms. The first-order valence-electron chi connectivity index (χ1n) is 16.1. The van der Waals surface area contributed by atoms with E-state index < -0.39 is 23.4 Å². The summed E-state index contributed by atoms with van der Waals surface area (Å²) in [4.78, 5) is 40.1. The second-order valence-electron chi connectivity index (χ2n) is 12.3. The fourth-order valence-corrected chi connectivity index (χ4v) is 6.41. The molecule has 6 rings (SSSR count). The van der Waals surface area contributed by atoms with Crippen LogP contribution in [-0.4, -0.2) is 65.8 Å². The number of carbonyl (C=O) groups excluding carboxylic acids is 2. The Labute approximate surface area is 272 Å². The van der Waals surface area contributed by atoms with Crippen LogP contribution >= 0.6 is 0 Å². The van der Waals surface area contributed by atoms with Crippen LogP contribution in [0, 0.1) is 6.92 Å². The fourth-order valence-electron chi connectivity index (χ4n) is 6.41. The zero-order chi connectivity index (χ0) is 33.0. The van der Waals surface area contributed by atoms with Gasteiger partial charge < -0.3 is 19.1 Å². The van der Waals surface area contributed by atoms with Crippen molar-refractivity contribution in [2.45, 2.75) is 51.1 Å². The van der Waals surface area contributed by atoms with Crippen LogP contribution in [0.3, 0.4) is 0 Å². The number of benzene rings is 2. The first-order valence-corrected chi connectivity index (χ1v) is 16.1. The normalized spacial score (nSPS) is 16.3. The summed E-state index contributed by atoms with van der Waals surface area (Å²) in [7, 11) is 0. The SMILES string of the molecule is Cc1ccccc1CC(=O)N1CCCN(c2ccc(CC(=O)c3oc(N4CCC(c5ccccc5)CC4)nc3C(F)(F)F)cn2)CC1. The highest BCUT2D eigenvalue weighted by molar-refractivity contribution is 5.96. The van der Waals surface area contributed by atoms with Gasteiger partial charge in [-0.15, -0.1) is 0 Å². The Morgan fingerprint density at radius 3 is 2.30 bits per heavy atom. The molecule has 4 heterocycles. The van der Waals surface area contributed by atoms with Gasteiger partial charge in [-0.1, -0.05) is 60.7 Å². The Bertz CT molecular complexity index is 1680. The number of amides is 1. The molecule has 0 bridgehead atoms. The van der Waals surface area contributed by atoms with Gasteiger partial charge in [0.25, 0.3) is 6.01 Å². The number of pyridine rings is 1. The monoisotopic (exact) mass is 645 g/mol. The molecule has 0 aliphatic carbocycles. The first kappa shape index (κ1) is 32.3. The average molecular weight is 646 g/mol. The van der Waals surface area contributed by atoms with Crippen LogP contribution < -0.4 is 9.80 Å². The Kier molecular flexibility index (Phi) is 9.60. The highest BCUT2D eigenvalue weighted by Gasteiger charge is 2.42. The van der Waals surface area contributed by atoms with Crippen molar-refractivity contribution in [3.8, 4) is 0 Å². The Morgan fingerprint density at radius 2 is 1.60 bits per heavy atom.